The van der Waals surface area contributed by atoms with Crippen molar-refractivity contribution in [1.29, 1.82) is 0 Å². The topological polar surface area (TPSA) is 63.3 Å². The van der Waals surface area contributed by atoms with Crippen LogP contribution in [0.25, 0.3) is 0 Å². The lowest BCUT2D eigenvalue weighted by Crippen LogP contribution is -2.40. The van der Waals surface area contributed by atoms with Crippen LogP contribution in [0.15, 0.2) is 12.3 Å². The van der Waals surface area contributed by atoms with E-state index in [1.165, 1.54) is 0 Å². The highest BCUT2D eigenvalue weighted by Gasteiger charge is 2.21. The first-order valence-electron chi connectivity index (χ1n) is 6.06. The predicted molar refractivity (Wildman–Crippen MR) is 74.5 cm³/mol. The standard InChI is InChI=1S/C13H24N4O/c1-13(2,9-16(3)4)8-15-12(18)11-6-10(14)7-17(11)5/h6-7H,8-9,14H2,1-5H3,(H,15,18). The van der Waals surface area contributed by atoms with Crippen LogP contribution in [0.4, 0.5) is 5.69 Å². The van der Waals surface area contributed by atoms with Crippen LogP contribution in [0, 0.1) is 5.41 Å². The first-order chi connectivity index (χ1) is 8.21. The highest BCUT2D eigenvalue weighted by Crippen LogP contribution is 2.15. The summed E-state index contributed by atoms with van der Waals surface area (Å²) in [7, 11) is 5.87. The lowest BCUT2D eigenvalue weighted by Gasteiger charge is -2.28. The zero-order valence-corrected chi connectivity index (χ0v) is 11.9. The third-order valence-electron chi connectivity index (χ3n) is 2.73. The molecule has 0 aliphatic heterocycles. The maximum atomic E-state index is 12.0. The van der Waals surface area contributed by atoms with Gasteiger partial charge in [0.25, 0.3) is 5.91 Å². The minimum atomic E-state index is -0.0824. The largest absolute Gasteiger partial charge is 0.397 e. The molecule has 5 heteroatoms. The van der Waals surface area contributed by atoms with Gasteiger partial charge in [0.2, 0.25) is 0 Å². The van der Waals surface area contributed by atoms with Crippen molar-refractivity contribution in [2.24, 2.45) is 12.5 Å². The Balaban J connectivity index is 2.59. The Kier molecular flexibility index (Phi) is 4.40. The molecule has 0 fully saturated rings. The Morgan fingerprint density at radius 3 is 2.56 bits per heavy atom. The minimum Gasteiger partial charge on any atom is -0.397 e. The molecular weight excluding hydrogens is 228 g/mol. The van der Waals surface area contributed by atoms with E-state index in [1.54, 1.807) is 16.8 Å². The third-order valence-corrected chi connectivity index (χ3v) is 2.73. The van der Waals surface area contributed by atoms with E-state index in [0.29, 0.717) is 17.9 Å². The van der Waals surface area contributed by atoms with Gasteiger partial charge in [-0.15, -0.1) is 0 Å². The molecule has 0 saturated carbocycles. The van der Waals surface area contributed by atoms with Crippen LogP contribution in [-0.4, -0.2) is 42.6 Å². The van der Waals surface area contributed by atoms with E-state index in [1.807, 2.05) is 21.1 Å². The maximum absolute atomic E-state index is 12.0. The van der Waals surface area contributed by atoms with Gasteiger partial charge in [0.1, 0.15) is 5.69 Å². The van der Waals surface area contributed by atoms with Gasteiger partial charge in [0.15, 0.2) is 0 Å². The number of amides is 1. The van der Waals surface area contributed by atoms with Gasteiger partial charge in [0, 0.05) is 26.3 Å². The fraction of sp³-hybridized carbons (Fsp3) is 0.615. The average Bonchev–Trinajstić information content (AvgIpc) is 2.52. The van der Waals surface area contributed by atoms with Crippen LogP contribution >= 0.6 is 0 Å². The molecule has 0 spiro atoms. The second kappa shape index (κ2) is 5.44. The monoisotopic (exact) mass is 252 g/mol. The van der Waals surface area contributed by atoms with E-state index in [9.17, 15) is 4.79 Å². The van der Waals surface area contributed by atoms with Gasteiger partial charge in [-0.05, 0) is 25.6 Å². The van der Waals surface area contributed by atoms with Gasteiger partial charge >= 0.3 is 0 Å². The van der Waals surface area contributed by atoms with Crippen molar-refractivity contribution >= 4 is 11.6 Å². The van der Waals surface area contributed by atoms with E-state index < -0.39 is 0 Å². The molecule has 0 aromatic carbocycles. The molecule has 0 unspecified atom stereocenters. The highest BCUT2D eigenvalue weighted by molar-refractivity contribution is 5.93. The van der Waals surface area contributed by atoms with Crippen molar-refractivity contribution in [3.8, 4) is 0 Å². The van der Waals surface area contributed by atoms with Crippen LogP contribution in [-0.2, 0) is 7.05 Å². The minimum absolute atomic E-state index is 0.0376. The number of carbonyl (C=O) groups excluding carboxylic acids is 1. The molecule has 0 aliphatic carbocycles. The number of nitrogens with one attached hydrogen (secondary N) is 1. The Hall–Kier alpha value is -1.49. The highest BCUT2D eigenvalue weighted by atomic mass is 16.1. The van der Waals surface area contributed by atoms with Crippen LogP contribution in [0.5, 0.6) is 0 Å². The number of hydrogen-bond acceptors (Lipinski definition) is 3. The molecule has 0 saturated heterocycles. The summed E-state index contributed by atoms with van der Waals surface area (Å²) >= 11 is 0. The number of nitrogen functional groups attached to an aromatic ring is 1. The lowest BCUT2D eigenvalue weighted by atomic mass is 9.93. The normalized spacial score (nSPS) is 11.9. The molecule has 5 nitrogen and oxygen atoms in total. The van der Waals surface area contributed by atoms with Crippen molar-refractivity contribution in [2.75, 3.05) is 32.9 Å². The number of nitrogens with two attached hydrogens (primary N) is 1. The summed E-state index contributed by atoms with van der Waals surface area (Å²) in [6, 6.07) is 1.69. The van der Waals surface area contributed by atoms with Crippen molar-refractivity contribution in [3.63, 3.8) is 0 Å². The predicted octanol–water partition coefficient (Wildman–Crippen LogP) is 0.925. The van der Waals surface area contributed by atoms with Crippen LogP contribution in [0.1, 0.15) is 24.3 Å². The van der Waals surface area contributed by atoms with E-state index in [2.05, 4.69) is 24.1 Å². The second-order valence-electron chi connectivity index (χ2n) is 5.85. The summed E-state index contributed by atoms with van der Waals surface area (Å²) in [5, 5.41) is 2.96. The van der Waals surface area contributed by atoms with Gasteiger partial charge in [-0.1, -0.05) is 13.8 Å². The summed E-state index contributed by atoms with van der Waals surface area (Å²) in [6.07, 6.45) is 1.74. The van der Waals surface area contributed by atoms with E-state index >= 15 is 0 Å². The molecule has 1 heterocycles. The summed E-state index contributed by atoms with van der Waals surface area (Å²) in [6.45, 7) is 5.82. The average molecular weight is 252 g/mol. The first-order valence-corrected chi connectivity index (χ1v) is 6.06. The smallest absolute Gasteiger partial charge is 0.267 e. The zero-order chi connectivity index (χ0) is 13.9. The summed E-state index contributed by atoms with van der Waals surface area (Å²) in [5.74, 6) is -0.0824. The molecule has 1 aromatic heterocycles. The van der Waals surface area contributed by atoms with Crippen LogP contribution < -0.4 is 11.1 Å². The zero-order valence-electron chi connectivity index (χ0n) is 11.9. The summed E-state index contributed by atoms with van der Waals surface area (Å²) in [4.78, 5) is 14.1. The van der Waals surface area contributed by atoms with E-state index in [0.717, 1.165) is 6.54 Å². The van der Waals surface area contributed by atoms with Crippen molar-refractivity contribution in [3.05, 3.63) is 18.0 Å². The van der Waals surface area contributed by atoms with Crippen LogP contribution in [0.2, 0.25) is 0 Å². The number of nitrogens with zero attached hydrogens (tertiary/aromatic N) is 2. The molecule has 3 N–H and O–H groups in total. The Bertz CT molecular complexity index is 421. The van der Waals surface area contributed by atoms with Crippen molar-refractivity contribution < 1.29 is 4.79 Å². The summed E-state index contributed by atoms with van der Waals surface area (Å²) < 4.78 is 1.74. The number of aromatic nitrogens is 1. The van der Waals surface area contributed by atoms with Gasteiger partial charge in [-0.3, -0.25) is 4.79 Å². The number of hydrogen-bond donors (Lipinski definition) is 2. The summed E-state index contributed by atoms with van der Waals surface area (Å²) in [5.41, 5.74) is 6.89. The van der Waals surface area contributed by atoms with Gasteiger partial charge in [0.05, 0.1) is 5.69 Å². The first kappa shape index (κ1) is 14.6. The molecule has 0 radical (unpaired) electrons. The number of anilines is 1. The quantitative estimate of drug-likeness (QED) is 0.819. The Morgan fingerprint density at radius 2 is 2.11 bits per heavy atom. The van der Waals surface area contributed by atoms with Gasteiger partial charge in [-0.2, -0.15) is 0 Å². The molecule has 0 atom stereocenters. The second-order valence-corrected chi connectivity index (χ2v) is 5.85. The van der Waals surface area contributed by atoms with Gasteiger partial charge < -0.3 is 20.5 Å². The van der Waals surface area contributed by atoms with Crippen molar-refractivity contribution in [1.82, 2.24) is 14.8 Å². The van der Waals surface area contributed by atoms with Gasteiger partial charge in [-0.25, -0.2) is 0 Å². The Morgan fingerprint density at radius 1 is 1.50 bits per heavy atom. The number of carbonyl (C=O) groups is 1. The number of aryl methyl sites for hydroxylation is 1. The van der Waals surface area contributed by atoms with Crippen LogP contribution in [0.3, 0.4) is 0 Å². The third kappa shape index (κ3) is 4.07. The molecule has 0 aliphatic rings. The lowest BCUT2D eigenvalue weighted by molar-refractivity contribution is 0.0921. The molecule has 1 aromatic rings. The molecule has 18 heavy (non-hydrogen) atoms. The van der Waals surface area contributed by atoms with Crippen molar-refractivity contribution in [2.45, 2.75) is 13.8 Å². The fourth-order valence-electron chi connectivity index (χ4n) is 2.14. The van der Waals surface area contributed by atoms with E-state index in [4.69, 9.17) is 5.73 Å². The molecular formula is C13H24N4O. The Labute approximate surface area is 109 Å². The molecule has 1 amide bonds. The molecule has 0 bridgehead atoms. The SMILES string of the molecule is CN(C)CC(C)(C)CNC(=O)c1cc(N)cn1C. The molecule has 1 rings (SSSR count). The van der Waals surface area contributed by atoms with E-state index in [-0.39, 0.29) is 11.3 Å². The maximum Gasteiger partial charge on any atom is 0.267 e. The fourth-order valence-corrected chi connectivity index (χ4v) is 2.14. The molecule has 102 valence electrons. The number of rotatable bonds is 5.